The summed E-state index contributed by atoms with van der Waals surface area (Å²) in [6.45, 7) is 2.17. The van der Waals surface area contributed by atoms with E-state index >= 15 is 0 Å². The van der Waals surface area contributed by atoms with Gasteiger partial charge in [0.2, 0.25) is 0 Å². The third kappa shape index (κ3) is 3.32. The maximum Gasteiger partial charge on any atom is 0.283 e. The molecule has 2 aromatic carbocycles. The van der Waals surface area contributed by atoms with E-state index in [2.05, 4.69) is 9.98 Å². The molecule has 2 heterocycles. The number of ether oxygens (including phenoxy) is 3. The van der Waals surface area contributed by atoms with Crippen LogP contribution in [0.5, 0.6) is 11.5 Å². The average Bonchev–Trinajstić information content (AvgIpc) is 3.17. The summed E-state index contributed by atoms with van der Waals surface area (Å²) in [5.41, 5.74) is 8.59. The number of pyridine rings is 1. The molecule has 0 saturated heterocycles. The van der Waals surface area contributed by atoms with Crippen molar-refractivity contribution in [2.45, 2.75) is 12.5 Å². The number of amidine groups is 1. The van der Waals surface area contributed by atoms with E-state index < -0.39 is 5.54 Å². The minimum absolute atomic E-state index is 0.0948. The largest absolute Gasteiger partial charge is 0.496 e. The Morgan fingerprint density at radius 1 is 1.03 bits per heavy atom. The Kier molecular flexibility index (Phi) is 5.03. The van der Waals surface area contributed by atoms with Crippen LogP contribution in [0.2, 0.25) is 0 Å². The van der Waals surface area contributed by atoms with Crippen LogP contribution in [0.25, 0.3) is 11.1 Å². The second kappa shape index (κ2) is 7.67. The van der Waals surface area contributed by atoms with Crippen molar-refractivity contribution in [1.82, 2.24) is 4.98 Å². The molecule has 3 aromatic rings. The van der Waals surface area contributed by atoms with E-state index in [-0.39, 0.29) is 18.4 Å². The van der Waals surface area contributed by atoms with Crippen LogP contribution < -0.4 is 15.2 Å². The van der Waals surface area contributed by atoms with E-state index in [1.54, 1.807) is 44.8 Å². The molecule has 2 N–H and O–H groups in total. The second-order valence-electron chi connectivity index (χ2n) is 7.09. The topological polar surface area (TPSA) is 79.0 Å². The summed E-state index contributed by atoms with van der Waals surface area (Å²) in [4.78, 5) is 8.76. The van der Waals surface area contributed by atoms with E-state index in [4.69, 9.17) is 19.9 Å². The molecule has 154 valence electrons. The molecule has 4 rings (SSSR count). The minimum Gasteiger partial charge on any atom is -0.496 e. The smallest absolute Gasteiger partial charge is 0.283 e. The monoisotopic (exact) mass is 407 g/mol. The molecule has 0 radical (unpaired) electrons. The molecule has 0 aliphatic carbocycles. The summed E-state index contributed by atoms with van der Waals surface area (Å²) in [5, 5.41) is 0. The molecule has 0 bridgehead atoms. The fraction of sp³-hybridized carbons (Fsp3) is 0.217. The van der Waals surface area contributed by atoms with Crippen molar-refractivity contribution >= 4 is 6.02 Å². The zero-order chi connectivity index (χ0) is 21.3. The lowest BCUT2D eigenvalue weighted by molar-refractivity contribution is 0.278. The molecule has 0 saturated carbocycles. The quantitative estimate of drug-likeness (QED) is 0.696. The highest BCUT2D eigenvalue weighted by Crippen LogP contribution is 2.41. The van der Waals surface area contributed by atoms with Gasteiger partial charge in [0.15, 0.2) is 5.54 Å². The van der Waals surface area contributed by atoms with Gasteiger partial charge in [-0.25, -0.2) is 9.38 Å². The summed E-state index contributed by atoms with van der Waals surface area (Å²) in [6.07, 6.45) is 3.17. The first kappa shape index (κ1) is 19.7. The molecule has 7 heteroatoms. The second-order valence-corrected chi connectivity index (χ2v) is 7.09. The molecule has 0 fully saturated rings. The number of nitrogens with zero attached hydrogens (tertiary/aromatic N) is 2. The number of methoxy groups -OCH3 is 2. The van der Waals surface area contributed by atoms with E-state index in [0.29, 0.717) is 16.9 Å². The number of halogens is 1. The average molecular weight is 407 g/mol. The number of hydrogen-bond acceptors (Lipinski definition) is 6. The summed E-state index contributed by atoms with van der Waals surface area (Å²) in [6, 6.07) is 12.5. The van der Waals surface area contributed by atoms with Gasteiger partial charge >= 0.3 is 0 Å². The third-order valence-corrected chi connectivity index (χ3v) is 5.31. The van der Waals surface area contributed by atoms with Gasteiger partial charge in [-0.2, -0.15) is 0 Å². The van der Waals surface area contributed by atoms with Crippen molar-refractivity contribution in [2.75, 3.05) is 20.8 Å². The molecule has 1 aliphatic rings. The zero-order valence-corrected chi connectivity index (χ0v) is 17.0. The van der Waals surface area contributed by atoms with Gasteiger partial charge in [-0.05, 0) is 53.9 Å². The number of aliphatic imine (C=N–C) groups is 1. The van der Waals surface area contributed by atoms with E-state index in [1.807, 2.05) is 25.1 Å². The normalized spacial score (nSPS) is 17.9. The van der Waals surface area contributed by atoms with Crippen molar-refractivity contribution in [3.8, 4) is 22.6 Å². The lowest BCUT2D eigenvalue weighted by Gasteiger charge is -2.26. The number of aryl methyl sites for hydroxylation is 1. The molecule has 1 atom stereocenters. The lowest BCUT2D eigenvalue weighted by atomic mass is 9.82. The first-order valence-electron chi connectivity index (χ1n) is 9.39. The Labute approximate surface area is 174 Å². The van der Waals surface area contributed by atoms with Gasteiger partial charge < -0.3 is 19.9 Å². The maximum absolute atomic E-state index is 14.8. The van der Waals surface area contributed by atoms with Gasteiger partial charge in [-0.3, -0.25) is 4.98 Å². The van der Waals surface area contributed by atoms with Gasteiger partial charge in [-0.15, -0.1) is 0 Å². The van der Waals surface area contributed by atoms with E-state index in [9.17, 15) is 4.39 Å². The van der Waals surface area contributed by atoms with Crippen molar-refractivity contribution in [3.63, 3.8) is 0 Å². The Morgan fingerprint density at radius 3 is 2.47 bits per heavy atom. The minimum atomic E-state index is -0.893. The van der Waals surface area contributed by atoms with E-state index in [0.717, 1.165) is 22.4 Å². The molecule has 0 amide bonds. The first-order chi connectivity index (χ1) is 14.5. The Morgan fingerprint density at radius 2 is 1.80 bits per heavy atom. The molecule has 1 aromatic heterocycles. The van der Waals surface area contributed by atoms with Crippen LogP contribution in [-0.2, 0) is 10.3 Å². The predicted octanol–water partition coefficient (Wildman–Crippen LogP) is 3.80. The molecule has 30 heavy (non-hydrogen) atoms. The highest BCUT2D eigenvalue weighted by atomic mass is 19.1. The summed E-state index contributed by atoms with van der Waals surface area (Å²) >= 11 is 0. The standard InChI is InChI=1S/C23H22FN3O3/c1-14-8-16(5-7-21(14)29-3)23(13-30-22(25)27-23)17-4-6-20(24)19(10-17)15-9-18(28-2)12-26-11-15/h4-12H,13H2,1-3H3,(H2,25,27)/t23-/m0/s1. The maximum atomic E-state index is 14.8. The van der Waals surface area contributed by atoms with Gasteiger partial charge in [-0.1, -0.05) is 12.1 Å². The van der Waals surface area contributed by atoms with Gasteiger partial charge in [0.1, 0.15) is 23.9 Å². The van der Waals surface area contributed by atoms with Crippen LogP contribution in [-0.4, -0.2) is 31.8 Å². The number of benzene rings is 2. The molecule has 1 aliphatic heterocycles. The Hall–Kier alpha value is -3.61. The van der Waals surface area contributed by atoms with Crippen LogP contribution in [0.15, 0.2) is 59.9 Å². The van der Waals surface area contributed by atoms with Crippen LogP contribution in [0, 0.1) is 12.7 Å². The molecule has 0 unspecified atom stereocenters. The third-order valence-electron chi connectivity index (χ3n) is 5.31. The predicted molar refractivity (Wildman–Crippen MR) is 112 cm³/mol. The summed E-state index contributed by atoms with van der Waals surface area (Å²) in [7, 11) is 3.17. The highest BCUT2D eigenvalue weighted by Gasteiger charge is 2.40. The van der Waals surface area contributed by atoms with Crippen molar-refractivity contribution in [1.29, 1.82) is 0 Å². The fourth-order valence-corrected chi connectivity index (χ4v) is 3.71. The Bertz CT molecular complexity index is 1130. The molecule has 6 nitrogen and oxygen atoms in total. The molecule has 0 spiro atoms. The number of hydrogen-bond donors (Lipinski definition) is 1. The van der Waals surface area contributed by atoms with Crippen molar-refractivity contribution in [3.05, 3.63) is 77.4 Å². The molecular formula is C23H22FN3O3. The van der Waals surface area contributed by atoms with E-state index in [1.165, 1.54) is 6.07 Å². The van der Waals surface area contributed by atoms with Crippen molar-refractivity contribution in [2.24, 2.45) is 10.7 Å². The Balaban J connectivity index is 1.88. The lowest BCUT2D eigenvalue weighted by Crippen LogP contribution is -2.27. The van der Waals surface area contributed by atoms with Crippen LogP contribution in [0.1, 0.15) is 16.7 Å². The van der Waals surface area contributed by atoms with Gasteiger partial charge in [0.05, 0.1) is 20.4 Å². The van der Waals surface area contributed by atoms with Crippen LogP contribution >= 0.6 is 0 Å². The van der Waals surface area contributed by atoms with Gasteiger partial charge in [0, 0.05) is 17.3 Å². The SMILES string of the molecule is COc1cncc(-c2cc([C@@]3(c4ccc(OC)c(C)c4)COC(N)=N3)ccc2F)c1. The van der Waals surface area contributed by atoms with Crippen molar-refractivity contribution < 1.29 is 18.6 Å². The number of rotatable bonds is 5. The summed E-state index contributed by atoms with van der Waals surface area (Å²) in [5.74, 6) is 0.946. The van der Waals surface area contributed by atoms with Crippen LogP contribution in [0.4, 0.5) is 4.39 Å². The number of aromatic nitrogens is 1. The fourth-order valence-electron chi connectivity index (χ4n) is 3.71. The van der Waals surface area contributed by atoms with Gasteiger partial charge in [0.25, 0.3) is 6.02 Å². The van der Waals surface area contributed by atoms with Crippen LogP contribution in [0.3, 0.4) is 0 Å². The first-order valence-corrected chi connectivity index (χ1v) is 9.39. The highest BCUT2D eigenvalue weighted by molar-refractivity contribution is 5.76. The number of nitrogens with two attached hydrogens (primary N) is 1. The zero-order valence-electron chi connectivity index (χ0n) is 17.0. The summed E-state index contributed by atoms with van der Waals surface area (Å²) < 4.78 is 30.9. The molecular weight excluding hydrogens is 385 g/mol.